The molecule has 90 valence electrons. The van der Waals surface area contributed by atoms with Crippen LogP contribution < -0.4 is 0 Å². The van der Waals surface area contributed by atoms with E-state index in [-0.39, 0.29) is 12.0 Å². The maximum absolute atomic E-state index is 11.5. The third-order valence-corrected chi connectivity index (χ3v) is 2.48. The predicted octanol–water partition coefficient (Wildman–Crippen LogP) is 0.803. The first-order chi connectivity index (χ1) is 7.54. The summed E-state index contributed by atoms with van der Waals surface area (Å²) in [7, 11) is 3.77. The highest BCUT2D eigenvalue weighted by Gasteiger charge is 2.19. The third kappa shape index (κ3) is 3.34. The lowest BCUT2D eigenvalue weighted by atomic mass is 10.2. The van der Waals surface area contributed by atoms with Gasteiger partial charge in [-0.25, -0.2) is 0 Å². The molecule has 0 radical (unpaired) electrons. The molecule has 1 rings (SSSR count). The Morgan fingerprint density at radius 2 is 2.38 bits per heavy atom. The Labute approximate surface area is 96.0 Å². The lowest BCUT2D eigenvalue weighted by molar-refractivity contribution is -0.148. The Kier molecular flexibility index (Phi) is 4.49. The second-order valence-corrected chi connectivity index (χ2v) is 3.87. The van der Waals surface area contributed by atoms with Crippen molar-refractivity contribution in [2.45, 2.75) is 26.4 Å². The summed E-state index contributed by atoms with van der Waals surface area (Å²) in [5, 5.41) is 4.08. The minimum absolute atomic E-state index is 0.186. The molecule has 5 nitrogen and oxygen atoms in total. The second kappa shape index (κ2) is 5.65. The number of hydrogen-bond donors (Lipinski definition) is 0. The molecule has 0 fully saturated rings. The quantitative estimate of drug-likeness (QED) is 0.696. The number of esters is 1. The van der Waals surface area contributed by atoms with Crippen LogP contribution in [0.25, 0.3) is 0 Å². The van der Waals surface area contributed by atoms with E-state index in [2.05, 4.69) is 5.10 Å². The van der Waals surface area contributed by atoms with Gasteiger partial charge in [0.1, 0.15) is 6.04 Å². The number of aryl methyl sites for hydroxylation is 1. The number of ether oxygens (including phenoxy) is 1. The highest BCUT2D eigenvalue weighted by Crippen LogP contribution is 2.06. The summed E-state index contributed by atoms with van der Waals surface area (Å²) < 4.78 is 6.71. The van der Waals surface area contributed by atoms with Crippen LogP contribution in [0.2, 0.25) is 0 Å². The Morgan fingerprint density at radius 1 is 1.69 bits per heavy atom. The maximum atomic E-state index is 11.5. The van der Waals surface area contributed by atoms with Crippen LogP contribution in [0.15, 0.2) is 12.4 Å². The number of rotatable bonds is 5. The first-order valence-electron chi connectivity index (χ1n) is 5.39. The SMILES string of the molecule is CCOC(=O)C(C)N(C)Cc1cnn(C)c1. The van der Waals surface area contributed by atoms with Crippen LogP contribution in [0.4, 0.5) is 0 Å². The number of aromatic nitrogens is 2. The lowest BCUT2D eigenvalue weighted by Gasteiger charge is -2.22. The van der Waals surface area contributed by atoms with Gasteiger partial charge < -0.3 is 4.74 Å². The monoisotopic (exact) mass is 225 g/mol. The number of carbonyl (C=O) groups is 1. The summed E-state index contributed by atoms with van der Waals surface area (Å²) in [5.41, 5.74) is 1.08. The van der Waals surface area contributed by atoms with Crippen LogP contribution in [0.5, 0.6) is 0 Å². The van der Waals surface area contributed by atoms with Crippen molar-refractivity contribution < 1.29 is 9.53 Å². The summed E-state index contributed by atoms with van der Waals surface area (Å²) in [6.45, 7) is 4.76. The average Bonchev–Trinajstić information content (AvgIpc) is 2.63. The molecule has 1 atom stereocenters. The molecule has 1 aromatic heterocycles. The molecule has 0 saturated heterocycles. The molecular formula is C11H19N3O2. The molecule has 0 spiro atoms. The normalized spacial score (nSPS) is 12.8. The van der Waals surface area contributed by atoms with E-state index in [1.54, 1.807) is 10.9 Å². The molecule has 1 aromatic rings. The zero-order valence-corrected chi connectivity index (χ0v) is 10.3. The average molecular weight is 225 g/mol. The van der Waals surface area contributed by atoms with Crippen LogP contribution in [0.1, 0.15) is 19.4 Å². The first-order valence-corrected chi connectivity index (χ1v) is 5.39. The van der Waals surface area contributed by atoms with Gasteiger partial charge in [-0.2, -0.15) is 5.10 Å². The Bertz CT molecular complexity index is 349. The molecule has 0 aromatic carbocycles. The van der Waals surface area contributed by atoms with Crippen molar-refractivity contribution in [3.8, 4) is 0 Å². The molecule has 0 aliphatic carbocycles. The molecule has 5 heteroatoms. The van der Waals surface area contributed by atoms with Crippen molar-refractivity contribution >= 4 is 5.97 Å². The molecule has 16 heavy (non-hydrogen) atoms. The Morgan fingerprint density at radius 3 is 2.88 bits per heavy atom. The molecule has 0 bridgehead atoms. The lowest BCUT2D eigenvalue weighted by Crippen LogP contribution is -2.36. The third-order valence-electron chi connectivity index (χ3n) is 2.48. The van der Waals surface area contributed by atoms with Gasteiger partial charge in [0, 0.05) is 25.4 Å². The van der Waals surface area contributed by atoms with Gasteiger partial charge in [0.25, 0.3) is 0 Å². The standard InChI is InChI=1S/C11H19N3O2/c1-5-16-11(15)9(2)13(3)7-10-6-12-14(4)8-10/h6,8-9H,5,7H2,1-4H3. The highest BCUT2D eigenvalue weighted by atomic mass is 16.5. The minimum atomic E-state index is -0.236. The number of hydrogen-bond acceptors (Lipinski definition) is 4. The van der Waals surface area contributed by atoms with Gasteiger partial charge in [-0.3, -0.25) is 14.4 Å². The minimum Gasteiger partial charge on any atom is -0.465 e. The molecule has 0 saturated carbocycles. The topological polar surface area (TPSA) is 47.4 Å². The molecular weight excluding hydrogens is 206 g/mol. The van der Waals surface area contributed by atoms with Crippen LogP contribution >= 0.6 is 0 Å². The van der Waals surface area contributed by atoms with E-state index < -0.39 is 0 Å². The van der Waals surface area contributed by atoms with E-state index >= 15 is 0 Å². The van der Waals surface area contributed by atoms with Crippen molar-refractivity contribution in [1.29, 1.82) is 0 Å². The van der Waals surface area contributed by atoms with E-state index in [1.165, 1.54) is 0 Å². The first kappa shape index (κ1) is 12.7. The molecule has 0 N–H and O–H groups in total. The van der Waals surface area contributed by atoms with Crippen molar-refractivity contribution in [3.63, 3.8) is 0 Å². The molecule has 0 aliphatic rings. The predicted molar refractivity (Wildman–Crippen MR) is 60.8 cm³/mol. The summed E-state index contributed by atoms with van der Waals surface area (Å²) in [6.07, 6.45) is 3.74. The van der Waals surface area contributed by atoms with E-state index in [0.717, 1.165) is 5.56 Å². The zero-order valence-electron chi connectivity index (χ0n) is 10.3. The van der Waals surface area contributed by atoms with E-state index in [1.807, 2.05) is 39.0 Å². The zero-order chi connectivity index (χ0) is 12.1. The van der Waals surface area contributed by atoms with E-state index in [9.17, 15) is 4.79 Å². The van der Waals surface area contributed by atoms with Crippen LogP contribution in [-0.4, -0.2) is 40.3 Å². The Balaban J connectivity index is 2.51. The summed E-state index contributed by atoms with van der Waals surface area (Å²) in [6, 6.07) is -0.236. The van der Waals surface area contributed by atoms with Gasteiger partial charge in [0.2, 0.25) is 0 Å². The van der Waals surface area contributed by atoms with Crippen LogP contribution in [-0.2, 0) is 23.1 Å². The fourth-order valence-electron chi connectivity index (χ4n) is 1.42. The largest absolute Gasteiger partial charge is 0.465 e. The Hall–Kier alpha value is -1.36. The number of carbonyl (C=O) groups excluding carboxylic acids is 1. The highest BCUT2D eigenvalue weighted by molar-refractivity contribution is 5.75. The van der Waals surface area contributed by atoms with Crippen molar-refractivity contribution in [1.82, 2.24) is 14.7 Å². The second-order valence-electron chi connectivity index (χ2n) is 3.87. The summed E-state index contributed by atoms with van der Waals surface area (Å²) >= 11 is 0. The smallest absolute Gasteiger partial charge is 0.323 e. The van der Waals surface area contributed by atoms with Gasteiger partial charge in [-0.1, -0.05) is 0 Å². The molecule has 0 amide bonds. The van der Waals surface area contributed by atoms with Gasteiger partial charge in [0.05, 0.1) is 12.8 Å². The van der Waals surface area contributed by atoms with Gasteiger partial charge in [0.15, 0.2) is 0 Å². The fraction of sp³-hybridized carbons (Fsp3) is 0.636. The molecule has 0 aliphatic heterocycles. The number of likely N-dealkylation sites (N-methyl/N-ethyl adjacent to an activating group) is 1. The molecule has 1 unspecified atom stereocenters. The van der Waals surface area contributed by atoms with Crippen LogP contribution in [0, 0.1) is 0 Å². The molecule has 1 heterocycles. The van der Waals surface area contributed by atoms with Crippen molar-refractivity contribution in [2.24, 2.45) is 7.05 Å². The van der Waals surface area contributed by atoms with E-state index in [0.29, 0.717) is 13.2 Å². The van der Waals surface area contributed by atoms with Gasteiger partial charge in [-0.15, -0.1) is 0 Å². The van der Waals surface area contributed by atoms with E-state index in [4.69, 9.17) is 4.74 Å². The van der Waals surface area contributed by atoms with Gasteiger partial charge >= 0.3 is 5.97 Å². The summed E-state index contributed by atoms with van der Waals surface area (Å²) in [4.78, 5) is 13.4. The maximum Gasteiger partial charge on any atom is 0.323 e. The number of nitrogens with zero attached hydrogens (tertiary/aromatic N) is 3. The van der Waals surface area contributed by atoms with Crippen molar-refractivity contribution in [2.75, 3.05) is 13.7 Å². The summed E-state index contributed by atoms with van der Waals surface area (Å²) in [5.74, 6) is -0.186. The van der Waals surface area contributed by atoms with Crippen LogP contribution in [0.3, 0.4) is 0 Å². The fourth-order valence-corrected chi connectivity index (χ4v) is 1.42. The van der Waals surface area contributed by atoms with Gasteiger partial charge in [-0.05, 0) is 20.9 Å². The van der Waals surface area contributed by atoms with Crippen molar-refractivity contribution in [3.05, 3.63) is 18.0 Å².